The van der Waals surface area contributed by atoms with E-state index in [1.165, 1.54) is 0 Å². The van der Waals surface area contributed by atoms with Crippen LogP contribution in [0.25, 0.3) is 0 Å². The summed E-state index contributed by atoms with van der Waals surface area (Å²) in [4.78, 5) is 4.12. The molecule has 6 nitrogen and oxygen atoms in total. The molecular weight excluding hydrogens is 402 g/mol. The Balaban J connectivity index is 1.63. The van der Waals surface area contributed by atoms with E-state index in [2.05, 4.69) is 4.98 Å². The van der Waals surface area contributed by atoms with Crippen LogP contribution in [0.15, 0.2) is 66.0 Å². The van der Waals surface area contributed by atoms with Gasteiger partial charge in [-0.25, -0.2) is 5.01 Å². The zero-order valence-corrected chi connectivity index (χ0v) is 17.1. The molecule has 2 unspecified atom stereocenters. The van der Waals surface area contributed by atoms with Gasteiger partial charge in [-0.15, -0.1) is 0 Å². The number of hydrazone groups is 1. The first-order valence-corrected chi connectivity index (χ1v) is 10.2. The molecule has 1 N–H and O–H groups in total. The lowest BCUT2D eigenvalue weighted by atomic mass is 9.95. The maximum absolute atomic E-state index is 10.4. The van der Waals surface area contributed by atoms with Crippen LogP contribution in [0.5, 0.6) is 17.2 Å². The normalized spacial score (nSPS) is 19.5. The Kier molecular flexibility index (Phi) is 4.71. The van der Waals surface area contributed by atoms with Crippen molar-refractivity contribution in [2.24, 2.45) is 5.10 Å². The molecule has 0 aliphatic carbocycles. The van der Waals surface area contributed by atoms with E-state index in [0.29, 0.717) is 29.4 Å². The summed E-state index contributed by atoms with van der Waals surface area (Å²) in [5.41, 5.74) is 3.34. The molecule has 2 aromatic carbocycles. The standard InChI is InChI=1S/C23H20ClN3O3/c1-2-29-21-5-3-4-16-19-13-18(17-12-15(24)6-7-20(17)28)26-27(19)23(30-22(16)21)14-8-10-25-11-9-14/h3-12,19,23,28H,2,13H2,1H3. The monoisotopic (exact) mass is 421 g/mol. The molecule has 152 valence electrons. The van der Waals surface area contributed by atoms with Crippen molar-refractivity contribution >= 4 is 17.3 Å². The minimum absolute atomic E-state index is 0.0549. The zero-order chi connectivity index (χ0) is 20.7. The van der Waals surface area contributed by atoms with Gasteiger partial charge in [0.1, 0.15) is 5.75 Å². The number of nitrogens with zero attached hydrogens (tertiary/aromatic N) is 3. The molecule has 5 rings (SSSR count). The molecule has 0 bridgehead atoms. The van der Waals surface area contributed by atoms with E-state index in [4.69, 9.17) is 26.2 Å². The average Bonchev–Trinajstić information content (AvgIpc) is 3.21. The molecule has 2 atom stereocenters. The van der Waals surface area contributed by atoms with Crippen LogP contribution < -0.4 is 9.47 Å². The van der Waals surface area contributed by atoms with Crippen LogP contribution in [-0.2, 0) is 0 Å². The topological polar surface area (TPSA) is 67.2 Å². The van der Waals surface area contributed by atoms with Crippen molar-refractivity contribution in [3.63, 3.8) is 0 Å². The molecule has 2 aliphatic rings. The number of hydrogen-bond acceptors (Lipinski definition) is 6. The highest BCUT2D eigenvalue weighted by molar-refractivity contribution is 6.31. The molecule has 0 saturated carbocycles. The van der Waals surface area contributed by atoms with Crippen molar-refractivity contribution < 1.29 is 14.6 Å². The van der Waals surface area contributed by atoms with Crippen LogP contribution in [0.4, 0.5) is 0 Å². The van der Waals surface area contributed by atoms with Crippen LogP contribution in [0.3, 0.4) is 0 Å². The van der Waals surface area contributed by atoms with Gasteiger partial charge in [-0.05, 0) is 43.3 Å². The first-order valence-electron chi connectivity index (χ1n) is 9.82. The van der Waals surface area contributed by atoms with Crippen molar-refractivity contribution in [1.29, 1.82) is 0 Å². The van der Waals surface area contributed by atoms with Gasteiger partial charge in [0.05, 0.1) is 18.4 Å². The fourth-order valence-corrected chi connectivity index (χ4v) is 4.18. The number of ether oxygens (including phenoxy) is 2. The first-order chi connectivity index (χ1) is 14.7. The Morgan fingerprint density at radius 1 is 1.20 bits per heavy atom. The zero-order valence-electron chi connectivity index (χ0n) is 16.3. The fourth-order valence-electron chi connectivity index (χ4n) is 4.00. The second kappa shape index (κ2) is 7.54. The predicted octanol–water partition coefficient (Wildman–Crippen LogP) is 5.08. The number of phenols is 1. The number of benzene rings is 2. The van der Waals surface area contributed by atoms with Gasteiger partial charge in [0.15, 0.2) is 11.5 Å². The Bertz CT molecular complexity index is 1120. The van der Waals surface area contributed by atoms with Crippen molar-refractivity contribution in [2.75, 3.05) is 6.61 Å². The van der Waals surface area contributed by atoms with E-state index in [-0.39, 0.29) is 11.8 Å². The molecular formula is C23H20ClN3O3. The first kappa shape index (κ1) is 18.8. The van der Waals surface area contributed by atoms with Gasteiger partial charge in [0.2, 0.25) is 6.23 Å². The van der Waals surface area contributed by atoms with Crippen LogP contribution in [0, 0.1) is 0 Å². The fraction of sp³-hybridized carbons (Fsp3) is 0.217. The summed E-state index contributed by atoms with van der Waals surface area (Å²) in [5, 5.41) is 17.8. The van der Waals surface area contributed by atoms with Crippen LogP contribution in [-0.4, -0.2) is 27.4 Å². The number of halogens is 1. The Morgan fingerprint density at radius 3 is 2.83 bits per heavy atom. The Labute approximate surface area is 179 Å². The summed E-state index contributed by atoms with van der Waals surface area (Å²) in [6.07, 6.45) is 3.65. The maximum Gasteiger partial charge on any atom is 0.214 e. The van der Waals surface area contributed by atoms with Crippen molar-refractivity contribution in [1.82, 2.24) is 9.99 Å². The van der Waals surface area contributed by atoms with Gasteiger partial charge in [-0.1, -0.05) is 23.7 Å². The summed E-state index contributed by atoms with van der Waals surface area (Å²) in [6.45, 7) is 2.50. The summed E-state index contributed by atoms with van der Waals surface area (Å²) in [6, 6.07) is 14.7. The lowest BCUT2D eigenvalue weighted by Gasteiger charge is -2.38. The van der Waals surface area contributed by atoms with Crippen LogP contribution >= 0.6 is 11.6 Å². The summed E-state index contributed by atoms with van der Waals surface area (Å²) >= 11 is 6.18. The van der Waals surface area contributed by atoms with Gasteiger partial charge >= 0.3 is 0 Å². The van der Waals surface area contributed by atoms with Crippen LogP contribution in [0.1, 0.15) is 42.3 Å². The lowest BCUT2D eigenvalue weighted by molar-refractivity contribution is -0.0212. The summed E-state index contributed by atoms with van der Waals surface area (Å²) in [7, 11) is 0. The smallest absolute Gasteiger partial charge is 0.214 e. The SMILES string of the molecule is CCOc1cccc2c1OC(c1ccncc1)N1N=C(c3cc(Cl)ccc3O)CC21. The maximum atomic E-state index is 10.4. The Hall–Kier alpha value is -3.25. The van der Waals surface area contributed by atoms with E-state index in [9.17, 15) is 5.11 Å². The van der Waals surface area contributed by atoms with Gasteiger partial charge in [-0.3, -0.25) is 4.98 Å². The number of aromatic nitrogens is 1. The van der Waals surface area contributed by atoms with Gasteiger partial charge in [0, 0.05) is 40.5 Å². The second-order valence-electron chi connectivity index (χ2n) is 7.17. The molecule has 3 heterocycles. The molecule has 7 heteroatoms. The van der Waals surface area contributed by atoms with Gasteiger partial charge in [-0.2, -0.15) is 5.10 Å². The second-order valence-corrected chi connectivity index (χ2v) is 7.60. The van der Waals surface area contributed by atoms with Crippen molar-refractivity contribution in [3.05, 3.63) is 82.6 Å². The number of rotatable bonds is 4. The number of hydrogen-bond donors (Lipinski definition) is 1. The van der Waals surface area contributed by atoms with E-state index < -0.39 is 6.23 Å². The molecule has 30 heavy (non-hydrogen) atoms. The third-order valence-electron chi connectivity index (χ3n) is 5.34. The van der Waals surface area contributed by atoms with E-state index >= 15 is 0 Å². The predicted molar refractivity (Wildman–Crippen MR) is 114 cm³/mol. The van der Waals surface area contributed by atoms with Crippen LogP contribution in [0.2, 0.25) is 5.02 Å². The quantitative estimate of drug-likeness (QED) is 0.636. The number of aromatic hydroxyl groups is 1. The number of pyridine rings is 1. The van der Waals surface area contributed by atoms with Crippen molar-refractivity contribution in [3.8, 4) is 17.2 Å². The van der Waals surface area contributed by atoms with Gasteiger partial charge in [0.25, 0.3) is 0 Å². The molecule has 1 aromatic heterocycles. The van der Waals surface area contributed by atoms with Crippen molar-refractivity contribution in [2.45, 2.75) is 25.6 Å². The lowest BCUT2D eigenvalue weighted by Crippen LogP contribution is -2.33. The highest BCUT2D eigenvalue weighted by Gasteiger charge is 2.42. The molecule has 0 amide bonds. The van der Waals surface area contributed by atoms with Gasteiger partial charge < -0.3 is 14.6 Å². The number of phenolic OH excluding ortho intramolecular Hbond substituents is 1. The largest absolute Gasteiger partial charge is 0.507 e. The third kappa shape index (κ3) is 3.13. The average molecular weight is 422 g/mol. The van der Waals surface area contributed by atoms with E-state index in [1.807, 2.05) is 42.3 Å². The summed E-state index contributed by atoms with van der Waals surface area (Å²) in [5.74, 6) is 1.60. The number of fused-ring (bicyclic) bond motifs is 3. The molecule has 0 fully saturated rings. The minimum atomic E-state index is -0.439. The third-order valence-corrected chi connectivity index (χ3v) is 5.58. The summed E-state index contributed by atoms with van der Waals surface area (Å²) < 4.78 is 12.3. The molecule has 0 saturated heterocycles. The van der Waals surface area contributed by atoms with E-state index in [1.54, 1.807) is 30.6 Å². The minimum Gasteiger partial charge on any atom is -0.507 e. The number of para-hydroxylation sites is 1. The highest BCUT2D eigenvalue weighted by Crippen LogP contribution is 2.51. The molecule has 3 aromatic rings. The molecule has 2 aliphatic heterocycles. The Morgan fingerprint density at radius 2 is 2.03 bits per heavy atom. The molecule has 0 spiro atoms. The molecule has 0 radical (unpaired) electrons. The van der Waals surface area contributed by atoms with E-state index in [0.717, 1.165) is 22.6 Å². The highest BCUT2D eigenvalue weighted by atomic mass is 35.5.